The van der Waals surface area contributed by atoms with E-state index < -0.39 is 0 Å². The number of nitrogens with zero attached hydrogens (tertiary/aromatic N) is 2. The third-order valence-corrected chi connectivity index (χ3v) is 6.30. The molecule has 0 spiro atoms. The van der Waals surface area contributed by atoms with Crippen LogP contribution in [0.15, 0.2) is 4.99 Å². The predicted octanol–water partition coefficient (Wildman–Crippen LogP) is 3.26. The van der Waals surface area contributed by atoms with Crippen LogP contribution in [0.5, 0.6) is 0 Å². The molecule has 2 fully saturated rings. The first-order valence-corrected chi connectivity index (χ1v) is 11.0. The van der Waals surface area contributed by atoms with Crippen molar-refractivity contribution in [3.8, 4) is 0 Å². The maximum absolute atomic E-state index is 5.63. The Bertz CT molecular complexity index is 399. The first-order valence-electron chi connectivity index (χ1n) is 11.0. The molecule has 2 aliphatic rings. The molecule has 1 heterocycles. The number of rotatable bonds is 10. The molecule has 0 aromatic carbocycles. The van der Waals surface area contributed by atoms with Gasteiger partial charge in [-0.15, -0.1) is 0 Å². The minimum absolute atomic E-state index is 0.401. The third-order valence-electron chi connectivity index (χ3n) is 6.30. The molecular formula is C21H42N4O. The zero-order chi connectivity index (χ0) is 18.7. The molecular weight excluding hydrogens is 324 g/mol. The summed E-state index contributed by atoms with van der Waals surface area (Å²) in [7, 11) is 1.89. The van der Waals surface area contributed by atoms with Crippen LogP contribution in [0.25, 0.3) is 0 Å². The van der Waals surface area contributed by atoms with E-state index in [-0.39, 0.29) is 0 Å². The number of guanidine groups is 1. The third kappa shape index (κ3) is 7.07. The second-order valence-corrected chi connectivity index (χ2v) is 8.25. The number of nitrogens with one attached hydrogen (secondary N) is 2. The highest BCUT2D eigenvalue weighted by atomic mass is 16.5. The Hall–Kier alpha value is -0.810. The van der Waals surface area contributed by atoms with Gasteiger partial charge in [-0.2, -0.15) is 0 Å². The standard InChI is InChI=1S/C21H42N4O/c1-4-13-25-14-8-19(9-15-25)17-23-20(22-3)24-18-21(10-6-7-11-21)12-16-26-5-2/h19H,4-18H2,1-3H3,(H2,22,23,24). The predicted molar refractivity (Wildman–Crippen MR) is 111 cm³/mol. The molecule has 1 saturated heterocycles. The lowest BCUT2D eigenvalue weighted by Gasteiger charge is -2.33. The number of likely N-dealkylation sites (tertiary alicyclic amines) is 1. The Morgan fingerprint density at radius 3 is 2.50 bits per heavy atom. The van der Waals surface area contributed by atoms with Crippen LogP contribution in [0.4, 0.5) is 0 Å². The fourth-order valence-corrected chi connectivity index (χ4v) is 4.54. The van der Waals surface area contributed by atoms with E-state index in [1.165, 1.54) is 71.0 Å². The van der Waals surface area contributed by atoms with Gasteiger partial charge in [-0.25, -0.2) is 0 Å². The van der Waals surface area contributed by atoms with E-state index in [0.29, 0.717) is 5.41 Å². The van der Waals surface area contributed by atoms with E-state index in [1.807, 2.05) is 7.05 Å². The largest absolute Gasteiger partial charge is 0.382 e. The monoisotopic (exact) mass is 366 g/mol. The normalized spacial score (nSPS) is 21.9. The van der Waals surface area contributed by atoms with Gasteiger partial charge < -0.3 is 20.3 Å². The summed E-state index contributed by atoms with van der Waals surface area (Å²) in [5, 5.41) is 7.20. The highest BCUT2D eigenvalue weighted by molar-refractivity contribution is 5.79. The Balaban J connectivity index is 1.70. The average Bonchev–Trinajstić information content (AvgIpc) is 3.13. The first-order chi connectivity index (χ1) is 12.7. The summed E-state index contributed by atoms with van der Waals surface area (Å²) in [6.45, 7) is 11.9. The smallest absolute Gasteiger partial charge is 0.191 e. The van der Waals surface area contributed by atoms with Crippen molar-refractivity contribution in [3.05, 3.63) is 0 Å². The second-order valence-electron chi connectivity index (χ2n) is 8.25. The van der Waals surface area contributed by atoms with Crippen LogP contribution in [0, 0.1) is 11.3 Å². The summed E-state index contributed by atoms with van der Waals surface area (Å²) in [5.41, 5.74) is 0.401. The van der Waals surface area contributed by atoms with Crippen molar-refractivity contribution in [1.82, 2.24) is 15.5 Å². The highest BCUT2D eigenvalue weighted by Crippen LogP contribution is 2.40. The molecule has 2 N–H and O–H groups in total. The number of piperidine rings is 1. The first kappa shape index (κ1) is 21.5. The van der Waals surface area contributed by atoms with Crippen LogP contribution >= 0.6 is 0 Å². The van der Waals surface area contributed by atoms with Gasteiger partial charge in [0.05, 0.1) is 0 Å². The average molecular weight is 367 g/mol. The number of ether oxygens (including phenoxy) is 1. The van der Waals surface area contributed by atoms with Gasteiger partial charge in [-0.05, 0) is 76.4 Å². The summed E-state index contributed by atoms with van der Waals surface area (Å²) in [5.74, 6) is 1.75. The van der Waals surface area contributed by atoms with Crippen LogP contribution in [0.2, 0.25) is 0 Å². The lowest BCUT2D eigenvalue weighted by atomic mass is 9.83. The number of hydrogen-bond acceptors (Lipinski definition) is 3. The lowest BCUT2D eigenvalue weighted by Crippen LogP contribution is -2.46. The van der Waals surface area contributed by atoms with Crippen molar-refractivity contribution in [3.63, 3.8) is 0 Å². The van der Waals surface area contributed by atoms with Crippen LogP contribution in [-0.4, -0.2) is 63.8 Å². The summed E-state index contributed by atoms with van der Waals surface area (Å²) in [6, 6.07) is 0. The minimum Gasteiger partial charge on any atom is -0.382 e. The molecule has 0 radical (unpaired) electrons. The van der Waals surface area contributed by atoms with E-state index >= 15 is 0 Å². The van der Waals surface area contributed by atoms with Gasteiger partial charge in [-0.1, -0.05) is 19.8 Å². The summed E-state index contributed by atoms with van der Waals surface area (Å²) in [4.78, 5) is 7.06. The van der Waals surface area contributed by atoms with Crippen molar-refractivity contribution in [2.45, 2.75) is 65.2 Å². The Morgan fingerprint density at radius 2 is 1.88 bits per heavy atom. The fourth-order valence-electron chi connectivity index (χ4n) is 4.54. The molecule has 0 aromatic heterocycles. The molecule has 1 saturated carbocycles. The molecule has 2 rings (SSSR count). The van der Waals surface area contributed by atoms with Crippen LogP contribution in [-0.2, 0) is 4.74 Å². The van der Waals surface area contributed by atoms with E-state index in [4.69, 9.17) is 4.74 Å². The zero-order valence-electron chi connectivity index (χ0n) is 17.5. The molecule has 5 heteroatoms. The molecule has 0 atom stereocenters. The summed E-state index contributed by atoms with van der Waals surface area (Å²) < 4.78 is 5.63. The fraction of sp³-hybridized carbons (Fsp3) is 0.952. The van der Waals surface area contributed by atoms with Crippen LogP contribution in [0.3, 0.4) is 0 Å². The number of aliphatic imine (C=N–C) groups is 1. The van der Waals surface area contributed by atoms with Crippen LogP contribution in [0.1, 0.15) is 65.2 Å². The van der Waals surface area contributed by atoms with Crippen molar-refractivity contribution < 1.29 is 4.74 Å². The summed E-state index contributed by atoms with van der Waals surface area (Å²) in [6.07, 6.45) is 10.4. The van der Waals surface area contributed by atoms with E-state index in [2.05, 4.69) is 34.4 Å². The molecule has 0 bridgehead atoms. The quantitative estimate of drug-likeness (QED) is 0.354. The molecule has 0 aromatic rings. The summed E-state index contributed by atoms with van der Waals surface area (Å²) >= 11 is 0. The lowest BCUT2D eigenvalue weighted by molar-refractivity contribution is 0.105. The Morgan fingerprint density at radius 1 is 1.15 bits per heavy atom. The van der Waals surface area contributed by atoms with E-state index in [0.717, 1.165) is 38.2 Å². The van der Waals surface area contributed by atoms with Gasteiger partial charge in [0.2, 0.25) is 0 Å². The van der Waals surface area contributed by atoms with Gasteiger partial charge in [-0.3, -0.25) is 4.99 Å². The van der Waals surface area contributed by atoms with Gasteiger partial charge in [0.25, 0.3) is 0 Å². The topological polar surface area (TPSA) is 48.9 Å². The zero-order valence-corrected chi connectivity index (χ0v) is 17.5. The van der Waals surface area contributed by atoms with E-state index in [1.54, 1.807) is 0 Å². The number of hydrogen-bond donors (Lipinski definition) is 2. The van der Waals surface area contributed by atoms with Crippen molar-refractivity contribution in [1.29, 1.82) is 0 Å². The van der Waals surface area contributed by atoms with Crippen LogP contribution < -0.4 is 10.6 Å². The molecule has 152 valence electrons. The molecule has 1 aliphatic heterocycles. The van der Waals surface area contributed by atoms with Gasteiger partial charge in [0, 0.05) is 33.4 Å². The molecule has 5 nitrogen and oxygen atoms in total. The second kappa shape index (κ2) is 11.8. The van der Waals surface area contributed by atoms with Crippen molar-refractivity contribution in [2.24, 2.45) is 16.3 Å². The van der Waals surface area contributed by atoms with Crippen molar-refractivity contribution in [2.75, 3.05) is 53.0 Å². The SMILES string of the molecule is CCCN1CCC(CNC(=NC)NCC2(CCOCC)CCCC2)CC1. The van der Waals surface area contributed by atoms with Gasteiger partial charge >= 0.3 is 0 Å². The highest BCUT2D eigenvalue weighted by Gasteiger charge is 2.33. The molecule has 0 amide bonds. The van der Waals surface area contributed by atoms with Crippen molar-refractivity contribution >= 4 is 5.96 Å². The maximum Gasteiger partial charge on any atom is 0.191 e. The Kier molecular flexibility index (Phi) is 9.76. The molecule has 0 unspecified atom stereocenters. The molecule has 1 aliphatic carbocycles. The van der Waals surface area contributed by atoms with E-state index in [9.17, 15) is 0 Å². The van der Waals surface area contributed by atoms with Gasteiger partial charge in [0.1, 0.15) is 0 Å². The molecule has 26 heavy (non-hydrogen) atoms. The minimum atomic E-state index is 0.401. The maximum atomic E-state index is 5.63. The van der Waals surface area contributed by atoms with Gasteiger partial charge in [0.15, 0.2) is 5.96 Å². The Labute approximate surface area is 161 Å².